The summed E-state index contributed by atoms with van der Waals surface area (Å²) in [6.45, 7) is 7.83. The van der Waals surface area contributed by atoms with E-state index in [-0.39, 0.29) is 11.8 Å². The van der Waals surface area contributed by atoms with Gasteiger partial charge in [0.15, 0.2) is 0 Å². The molecule has 4 heteroatoms. The normalized spacial score (nSPS) is 12.2. The van der Waals surface area contributed by atoms with Gasteiger partial charge >= 0.3 is 0 Å². The zero-order valence-electron chi connectivity index (χ0n) is 10.4. The van der Waals surface area contributed by atoms with Crippen LogP contribution in [0.1, 0.15) is 19.8 Å². The first-order chi connectivity index (χ1) is 7.71. The van der Waals surface area contributed by atoms with E-state index in [1.54, 1.807) is 18.1 Å². The predicted octanol–water partition coefficient (Wildman–Crippen LogP) is 1.02. The van der Waals surface area contributed by atoms with Gasteiger partial charge in [0.2, 0.25) is 5.91 Å². The molecule has 0 aliphatic heterocycles. The van der Waals surface area contributed by atoms with Crippen molar-refractivity contribution < 1.29 is 9.53 Å². The Labute approximate surface area is 98.4 Å². The summed E-state index contributed by atoms with van der Waals surface area (Å²) >= 11 is 0. The number of nitrogens with zero attached hydrogens (tertiary/aromatic N) is 1. The molecule has 1 unspecified atom stereocenters. The van der Waals surface area contributed by atoms with Crippen LogP contribution in [0.4, 0.5) is 0 Å². The van der Waals surface area contributed by atoms with E-state index in [9.17, 15) is 4.79 Å². The first kappa shape index (κ1) is 15.1. The lowest BCUT2D eigenvalue weighted by Gasteiger charge is -2.25. The van der Waals surface area contributed by atoms with Crippen molar-refractivity contribution >= 4 is 5.91 Å². The number of hydrogen-bond acceptors (Lipinski definition) is 3. The number of amides is 1. The number of nitrogens with two attached hydrogens (primary N) is 1. The molecule has 0 aromatic rings. The van der Waals surface area contributed by atoms with Crippen molar-refractivity contribution in [2.75, 3.05) is 33.4 Å². The van der Waals surface area contributed by atoms with Crippen LogP contribution in [0.5, 0.6) is 0 Å². The van der Waals surface area contributed by atoms with E-state index in [4.69, 9.17) is 10.5 Å². The standard InChI is InChI=1S/C12H24N2O2/c1-4-6-11(10-13)12(15)14(7-5-2)8-9-16-3/h5,11H,2,4,6-10,13H2,1,3H3. The molecule has 0 aliphatic rings. The average Bonchev–Trinajstić information content (AvgIpc) is 2.30. The highest BCUT2D eigenvalue weighted by molar-refractivity contribution is 5.79. The van der Waals surface area contributed by atoms with Gasteiger partial charge in [-0.1, -0.05) is 19.4 Å². The molecule has 0 rings (SSSR count). The number of carbonyl (C=O) groups excluding carboxylic acids is 1. The summed E-state index contributed by atoms with van der Waals surface area (Å²) in [4.78, 5) is 13.9. The molecule has 94 valence electrons. The summed E-state index contributed by atoms with van der Waals surface area (Å²) in [5.41, 5.74) is 5.62. The lowest BCUT2D eigenvalue weighted by atomic mass is 10.0. The highest BCUT2D eigenvalue weighted by Gasteiger charge is 2.21. The fourth-order valence-electron chi connectivity index (χ4n) is 1.60. The largest absolute Gasteiger partial charge is 0.383 e. The van der Waals surface area contributed by atoms with Crippen LogP contribution in [0.15, 0.2) is 12.7 Å². The van der Waals surface area contributed by atoms with Crippen LogP contribution in [-0.4, -0.2) is 44.2 Å². The molecule has 0 heterocycles. The minimum atomic E-state index is -0.0678. The van der Waals surface area contributed by atoms with Gasteiger partial charge in [-0.15, -0.1) is 6.58 Å². The van der Waals surface area contributed by atoms with Gasteiger partial charge in [-0.3, -0.25) is 4.79 Å². The van der Waals surface area contributed by atoms with Crippen LogP contribution >= 0.6 is 0 Å². The molecule has 0 saturated heterocycles. The summed E-state index contributed by atoms with van der Waals surface area (Å²) in [5.74, 6) is 0.0445. The summed E-state index contributed by atoms with van der Waals surface area (Å²) in [6, 6.07) is 0. The molecule has 0 saturated carbocycles. The van der Waals surface area contributed by atoms with E-state index < -0.39 is 0 Å². The Morgan fingerprint density at radius 3 is 2.75 bits per heavy atom. The molecule has 0 spiro atoms. The number of ether oxygens (including phenoxy) is 1. The van der Waals surface area contributed by atoms with Gasteiger partial charge in [-0.2, -0.15) is 0 Å². The van der Waals surface area contributed by atoms with Crippen LogP contribution < -0.4 is 5.73 Å². The van der Waals surface area contributed by atoms with Gasteiger partial charge in [0, 0.05) is 26.7 Å². The Bertz CT molecular complexity index is 207. The van der Waals surface area contributed by atoms with Crippen molar-refractivity contribution in [3.63, 3.8) is 0 Å². The second-order valence-corrected chi connectivity index (χ2v) is 3.79. The molecule has 16 heavy (non-hydrogen) atoms. The van der Waals surface area contributed by atoms with Crippen molar-refractivity contribution in [3.8, 4) is 0 Å². The van der Waals surface area contributed by atoms with Gasteiger partial charge in [-0.05, 0) is 6.42 Å². The zero-order chi connectivity index (χ0) is 12.4. The van der Waals surface area contributed by atoms with Gasteiger partial charge in [0.05, 0.1) is 12.5 Å². The van der Waals surface area contributed by atoms with E-state index in [1.165, 1.54) is 0 Å². The maximum Gasteiger partial charge on any atom is 0.227 e. The maximum absolute atomic E-state index is 12.1. The third-order valence-corrected chi connectivity index (χ3v) is 2.50. The van der Waals surface area contributed by atoms with E-state index in [0.29, 0.717) is 26.2 Å². The summed E-state index contributed by atoms with van der Waals surface area (Å²) in [5, 5.41) is 0. The first-order valence-electron chi connectivity index (χ1n) is 5.79. The van der Waals surface area contributed by atoms with Crippen LogP contribution in [0.2, 0.25) is 0 Å². The monoisotopic (exact) mass is 228 g/mol. The third kappa shape index (κ3) is 5.28. The molecule has 1 atom stereocenters. The Balaban J connectivity index is 4.36. The molecule has 1 amide bonds. The summed E-state index contributed by atoms with van der Waals surface area (Å²) < 4.78 is 4.98. The fourth-order valence-corrected chi connectivity index (χ4v) is 1.60. The topological polar surface area (TPSA) is 55.6 Å². The molecule has 0 radical (unpaired) electrons. The molecule has 0 fully saturated rings. The van der Waals surface area contributed by atoms with Crippen molar-refractivity contribution in [3.05, 3.63) is 12.7 Å². The lowest BCUT2D eigenvalue weighted by molar-refractivity contribution is -0.135. The molecule has 0 aromatic heterocycles. The summed E-state index contributed by atoms with van der Waals surface area (Å²) in [7, 11) is 1.63. The smallest absolute Gasteiger partial charge is 0.227 e. The van der Waals surface area contributed by atoms with Crippen molar-refractivity contribution in [2.24, 2.45) is 11.7 Å². The highest BCUT2D eigenvalue weighted by atomic mass is 16.5. The van der Waals surface area contributed by atoms with Crippen molar-refractivity contribution in [1.82, 2.24) is 4.90 Å². The minimum absolute atomic E-state index is 0.0678. The van der Waals surface area contributed by atoms with Crippen LogP contribution in [-0.2, 0) is 9.53 Å². The molecule has 2 N–H and O–H groups in total. The second-order valence-electron chi connectivity index (χ2n) is 3.79. The van der Waals surface area contributed by atoms with Gasteiger partial charge in [-0.25, -0.2) is 0 Å². The predicted molar refractivity (Wildman–Crippen MR) is 66.1 cm³/mol. The average molecular weight is 228 g/mol. The minimum Gasteiger partial charge on any atom is -0.383 e. The first-order valence-corrected chi connectivity index (χ1v) is 5.79. The quantitative estimate of drug-likeness (QED) is 0.599. The van der Waals surface area contributed by atoms with E-state index >= 15 is 0 Å². The van der Waals surface area contributed by atoms with Crippen LogP contribution in [0, 0.1) is 5.92 Å². The number of hydrogen-bond donors (Lipinski definition) is 1. The van der Waals surface area contributed by atoms with Gasteiger partial charge in [0.25, 0.3) is 0 Å². The SMILES string of the molecule is C=CCN(CCOC)C(=O)C(CN)CCC. The number of methoxy groups -OCH3 is 1. The van der Waals surface area contributed by atoms with Crippen LogP contribution in [0.3, 0.4) is 0 Å². The third-order valence-electron chi connectivity index (χ3n) is 2.50. The lowest BCUT2D eigenvalue weighted by Crippen LogP contribution is -2.41. The van der Waals surface area contributed by atoms with Gasteiger partial charge in [0.1, 0.15) is 0 Å². The molecular weight excluding hydrogens is 204 g/mol. The van der Waals surface area contributed by atoms with Gasteiger partial charge < -0.3 is 15.4 Å². The highest BCUT2D eigenvalue weighted by Crippen LogP contribution is 2.09. The Hall–Kier alpha value is -0.870. The maximum atomic E-state index is 12.1. The zero-order valence-corrected chi connectivity index (χ0v) is 10.4. The number of carbonyl (C=O) groups is 1. The van der Waals surface area contributed by atoms with Crippen molar-refractivity contribution in [2.45, 2.75) is 19.8 Å². The molecule has 0 aromatic carbocycles. The van der Waals surface area contributed by atoms with Crippen molar-refractivity contribution in [1.29, 1.82) is 0 Å². The molecule has 0 aliphatic carbocycles. The Morgan fingerprint density at radius 2 is 2.31 bits per heavy atom. The Kier molecular flexibility index (Phi) is 8.85. The fraction of sp³-hybridized carbons (Fsp3) is 0.750. The van der Waals surface area contributed by atoms with E-state index in [2.05, 4.69) is 13.5 Å². The molecule has 4 nitrogen and oxygen atoms in total. The molecule has 0 bridgehead atoms. The van der Waals surface area contributed by atoms with Crippen LogP contribution in [0.25, 0.3) is 0 Å². The van der Waals surface area contributed by atoms with E-state index in [1.807, 2.05) is 0 Å². The second kappa shape index (κ2) is 9.36. The number of rotatable bonds is 9. The Morgan fingerprint density at radius 1 is 1.62 bits per heavy atom. The van der Waals surface area contributed by atoms with E-state index in [0.717, 1.165) is 12.8 Å². The molecular formula is C12H24N2O2. The summed E-state index contributed by atoms with van der Waals surface area (Å²) in [6.07, 6.45) is 3.54.